The fourth-order valence-corrected chi connectivity index (χ4v) is 4.22. The summed E-state index contributed by atoms with van der Waals surface area (Å²) < 4.78 is 2.08. The molecule has 1 unspecified atom stereocenters. The summed E-state index contributed by atoms with van der Waals surface area (Å²) in [4.78, 5) is 17.0. The number of thioether (sulfide) groups is 1. The van der Waals surface area contributed by atoms with Gasteiger partial charge in [0, 0.05) is 18.4 Å². The van der Waals surface area contributed by atoms with E-state index in [9.17, 15) is 4.79 Å². The van der Waals surface area contributed by atoms with Crippen LogP contribution < -0.4 is 5.32 Å². The molecule has 0 radical (unpaired) electrons. The van der Waals surface area contributed by atoms with Gasteiger partial charge >= 0.3 is 0 Å². The molecule has 134 valence electrons. The Morgan fingerprint density at radius 3 is 2.80 bits per heavy atom. The summed E-state index contributed by atoms with van der Waals surface area (Å²) in [6.07, 6.45) is 9.74. The van der Waals surface area contributed by atoms with Crippen molar-refractivity contribution in [2.45, 2.75) is 69.3 Å². The van der Waals surface area contributed by atoms with Gasteiger partial charge in [-0.25, -0.2) is 4.98 Å². The molecule has 1 amide bonds. The molecule has 2 aromatic rings. The molecule has 1 N–H and O–H groups in total. The predicted molar refractivity (Wildman–Crippen MR) is 103 cm³/mol. The van der Waals surface area contributed by atoms with E-state index in [0.29, 0.717) is 6.04 Å². The fourth-order valence-electron chi connectivity index (χ4n) is 3.33. The molecule has 1 aromatic carbocycles. The SMILES string of the molecule is Cc1cccc(-n2ccnc2SC(C)C(=O)NC2CCCCC2)c1C. The first-order chi connectivity index (χ1) is 12.1. The molecule has 4 nitrogen and oxygen atoms in total. The van der Waals surface area contributed by atoms with E-state index in [2.05, 4.69) is 46.9 Å². The Hall–Kier alpha value is -1.75. The lowest BCUT2D eigenvalue weighted by Gasteiger charge is -2.24. The average Bonchev–Trinajstić information content (AvgIpc) is 3.06. The van der Waals surface area contributed by atoms with Gasteiger partial charge in [0.2, 0.25) is 5.91 Å². The number of carbonyl (C=O) groups excluding carboxylic acids is 1. The van der Waals surface area contributed by atoms with Crippen LogP contribution in [-0.4, -0.2) is 26.8 Å². The first kappa shape index (κ1) is 18.1. The minimum Gasteiger partial charge on any atom is -0.352 e. The first-order valence-corrected chi connectivity index (χ1v) is 10.0. The Kier molecular flexibility index (Phi) is 5.84. The van der Waals surface area contributed by atoms with Gasteiger partial charge in [-0.2, -0.15) is 0 Å². The molecule has 3 rings (SSSR count). The Morgan fingerprint density at radius 2 is 2.04 bits per heavy atom. The number of rotatable bonds is 5. The van der Waals surface area contributed by atoms with Crippen molar-refractivity contribution in [1.82, 2.24) is 14.9 Å². The second-order valence-corrected chi connectivity index (χ2v) is 8.21. The standard InChI is InChI=1S/C20H27N3OS/c1-14-8-7-11-18(15(14)2)23-13-12-21-20(23)25-16(3)19(24)22-17-9-5-4-6-10-17/h7-8,11-13,16-17H,4-6,9-10H2,1-3H3,(H,22,24). The molecule has 1 aromatic heterocycles. The summed E-state index contributed by atoms with van der Waals surface area (Å²) in [6.45, 7) is 6.20. The number of aryl methyl sites for hydroxylation is 1. The topological polar surface area (TPSA) is 46.9 Å². The lowest BCUT2D eigenvalue weighted by Crippen LogP contribution is -2.40. The van der Waals surface area contributed by atoms with E-state index < -0.39 is 0 Å². The molecule has 0 aliphatic heterocycles. The molecular formula is C20H27N3OS. The maximum atomic E-state index is 12.5. The first-order valence-electron chi connectivity index (χ1n) is 9.13. The molecule has 0 saturated heterocycles. The number of carbonyl (C=O) groups is 1. The summed E-state index contributed by atoms with van der Waals surface area (Å²) in [7, 11) is 0. The van der Waals surface area contributed by atoms with Crippen LogP contribution in [0.15, 0.2) is 35.7 Å². The summed E-state index contributed by atoms with van der Waals surface area (Å²) in [5, 5.41) is 3.92. The van der Waals surface area contributed by atoms with Crippen LogP contribution in [0, 0.1) is 13.8 Å². The highest BCUT2D eigenvalue weighted by Crippen LogP contribution is 2.27. The average molecular weight is 358 g/mol. The number of benzene rings is 1. The van der Waals surface area contributed by atoms with Crippen molar-refractivity contribution >= 4 is 17.7 Å². The molecule has 1 aliphatic carbocycles. The molecule has 0 bridgehead atoms. The quantitative estimate of drug-likeness (QED) is 0.806. The molecule has 25 heavy (non-hydrogen) atoms. The van der Waals surface area contributed by atoms with Gasteiger partial charge in [0.25, 0.3) is 0 Å². The largest absolute Gasteiger partial charge is 0.352 e. The van der Waals surface area contributed by atoms with Crippen LogP contribution in [0.5, 0.6) is 0 Å². The van der Waals surface area contributed by atoms with Crippen LogP contribution in [0.1, 0.15) is 50.2 Å². The highest BCUT2D eigenvalue weighted by atomic mass is 32.2. The summed E-state index contributed by atoms with van der Waals surface area (Å²) in [5.41, 5.74) is 3.62. The predicted octanol–water partition coefficient (Wildman–Crippen LogP) is 4.42. The van der Waals surface area contributed by atoms with Crippen molar-refractivity contribution in [2.24, 2.45) is 0 Å². The zero-order valence-electron chi connectivity index (χ0n) is 15.3. The molecule has 0 spiro atoms. The van der Waals surface area contributed by atoms with E-state index in [1.807, 2.05) is 13.1 Å². The molecule has 1 fully saturated rings. The number of nitrogens with zero attached hydrogens (tertiary/aromatic N) is 2. The van der Waals surface area contributed by atoms with E-state index in [-0.39, 0.29) is 11.2 Å². The minimum atomic E-state index is -0.159. The molecule has 1 heterocycles. The van der Waals surface area contributed by atoms with Crippen molar-refractivity contribution in [3.05, 3.63) is 41.7 Å². The molecule has 1 aliphatic rings. The molecule has 1 atom stereocenters. The van der Waals surface area contributed by atoms with Crippen molar-refractivity contribution in [1.29, 1.82) is 0 Å². The van der Waals surface area contributed by atoms with Crippen LogP contribution in [0.3, 0.4) is 0 Å². The third kappa shape index (κ3) is 4.27. The van der Waals surface area contributed by atoms with Crippen LogP contribution in [0.2, 0.25) is 0 Å². The number of hydrogen-bond acceptors (Lipinski definition) is 3. The molecular weight excluding hydrogens is 330 g/mol. The Morgan fingerprint density at radius 1 is 1.28 bits per heavy atom. The second kappa shape index (κ2) is 8.09. The monoisotopic (exact) mass is 357 g/mol. The van der Waals surface area contributed by atoms with Gasteiger partial charge in [0.05, 0.1) is 10.9 Å². The molecule has 1 saturated carbocycles. The number of aromatic nitrogens is 2. The highest BCUT2D eigenvalue weighted by molar-refractivity contribution is 8.00. The maximum Gasteiger partial charge on any atom is 0.233 e. The van der Waals surface area contributed by atoms with Gasteiger partial charge < -0.3 is 5.32 Å². The van der Waals surface area contributed by atoms with E-state index in [4.69, 9.17) is 0 Å². The Balaban J connectivity index is 1.70. The van der Waals surface area contributed by atoms with Crippen molar-refractivity contribution < 1.29 is 4.79 Å². The van der Waals surface area contributed by atoms with E-state index >= 15 is 0 Å². The number of imidazole rings is 1. The van der Waals surface area contributed by atoms with Crippen LogP contribution in [0.25, 0.3) is 5.69 Å². The van der Waals surface area contributed by atoms with E-state index in [0.717, 1.165) is 23.7 Å². The summed E-state index contributed by atoms with van der Waals surface area (Å²) >= 11 is 1.52. The normalized spacial score (nSPS) is 16.6. The summed E-state index contributed by atoms with van der Waals surface area (Å²) in [5.74, 6) is 0.118. The van der Waals surface area contributed by atoms with Crippen LogP contribution >= 0.6 is 11.8 Å². The third-order valence-corrected chi connectivity index (χ3v) is 6.13. The lowest BCUT2D eigenvalue weighted by molar-refractivity contribution is -0.121. The number of amides is 1. The second-order valence-electron chi connectivity index (χ2n) is 6.90. The van der Waals surface area contributed by atoms with Gasteiger partial charge in [-0.15, -0.1) is 0 Å². The summed E-state index contributed by atoms with van der Waals surface area (Å²) in [6, 6.07) is 6.62. The Labute approximate surface area is 154 Å². The Bertz CT molecular complexity index is 734. The fraction of sp³-hybridized carbons (Fsp3) is 0.500. The number of hydrogen-bond donors (Lipinski definition) is 1. The van der Waals surface area contributed by atoms with Gasteiger partial charge in [0.15, 0.2) is 5.16 Å². The van der Waals surface area contributed by atoms with E-state index in [1.54, 1.807) is 6.20 Å². The van der Waals surface area contributed by atoms with Crippen molar-refractivity contribution in [3.8, 4) is 5.69 Å². The van der Waals surface area contributed by atoms with Crippen LogP contribution in [-0.2, 0) is 4.79 Å². The van der Waals surface area contributed by atoms with Gasteiger partial charge in [-0.1, -0.05) is 43.2 Å². The minimum absolute atomic E-state index is 0.118. The maximum absolute atomic E-state index is 12.5. The smallest absolute Gasteiger partial charge is 0.233 e. The van der Waals surface area contributed by atoms with Gasteiger partial charge in [-0.3, -0.25) is 9.36 Å². The van der Waals surface area contributed by atoms with Gasteiger partial charge in [-0.05, 0) is 50.8 Å². The van der Waals surface area contributed by atoms with E-state index in [1.165, 1.54) is 42.2 Å². The molecule has 5 heteroatoms. The number of nitrogens with one attached hydrogen (secondary N) is 1. The lowest BCUT2D eigenvalue weighted by atomic mass is 9.95. The zero-order chi connectivity index (χ0) is 17.8. The van der Waals surface area contributed by atoms with Crippen LogP contribution in [0.4, 0.5) is 0 Å². The highest BCUT2D eigenvalue weighted by Gasteiger charge is 2.22. The van der Waals surface area contributed by atoms with Gasteiger partial charge in [0.1, 0.15) is 0 Å². The van der Waals surface area contributed by atoms with Crippen molar-refractivity contribution in [2.75, 3.05) is 0 Å². The third-order valence-electron chi connectivity index (χ3n) is 5.05. The zero-order valence-corrected chi connectivity index (χ0v) is 16.1. The van der Waals surface area contributed by atoms with Crippen molar-refractivity contribution in [3.63, 3.8) is 0 Å².